The molecule has 0 saturated heterocycles. The number of hydrogen-bond donors (Lipinski definition) is 4. The molecular weight excluding hydrogens is 647 g/mol. The van der Waals surface area contributed by atoms with Crippen molar-refractivity contribution in [3.05, 3.63) is 168 Å². The van der Waals surface area contributed by atoms with E-state index in [9.17, 15) is 0 Å². The van der Waals surface area contributed by atoms with Crippen LogP contribution in [0.25, 0.3) is 90.9 Å². The molecule has 9 rings (SSSR count). The number of fused-ring (bicyclic) bond motifs is 8. The molecule has 4 N–H and O–H groups in total. The molecule has 246 valence electrons. The van der Waals surface area contributed by atoms with Crippen LogP contribution in [0.1, 0.15) is 22.8 Å². The fraction of sp³-hybridized carbons (Fsp3) is 0. The van der Waals surface area contributed by atoms with E-state index in [1.165, 1.54) is 0 Å². The molecule has 51 heavy (non-hydrogen) atoms. The lowest BCUT2D eigenvalue weighted by Gasteiger charge is -2.07. The smallest absolute Gasteiger partial charge is 0.149 e. The number of benzene rings is 4. The summed E-state index contributed by atoms with van der Waals surface area (Å²) in [5.41, 5.74) is 16.2. The van der Waals surface area contributed by atoms with Crippen molar-refractivity contribution in [1.29, 1.82) is 0 Å². The molecule has 6 nitrogen and oxygen atoms in total. The van der Waals surface area contributed by atoms with E-state index in [4.69, 9.17) is 19.8 Å². The van der Waals surface area contributed by atoms with Gasteiger partial charge in [0.05, 0.1) is 22.8 Å². The van der Waals surface area contributed by atoms with Crippen LogP contribution >= 0.6 is 9.03 Å². The lowest BCUT2D eigenvalue weighted by atomic mass is 10.0. The first kappa shape index (κ1) is 32.1. The molecule has 5 heterocycles. The number of hydrogen-bond acceptors (Lipinski definition) is 4. The zero-order chi connectivity index (χ0) is 34.6. The van der Waals surface area contributed by atoms with Gasteiger partial charge in [0, 0.05) is 44.3 Å². The minimum Gasteiger partial charge on any atom is -0.354 e. The maximum atomic E-state index is 7.15. The minimum atomic E-state index is -0.917. The summed E-state index contributed by atoms with van der Waals surface area (Å²) in [6, 6.07) is 50.7. The predicted molar refractivity (Wildman–Crippen MR) is 213 cm³/mol. The normalized spacial score (nSPS) is 11.6. The van der Waals surface area contributed by atoms with Gasteiger partial charge in [-0.2, -0.15) is 0 Å². The SMILES string of the molecule is C1=Cc2nc1c(-c1ccccc1)c1ccc([nH]1)c(-c1ccccc1)c1nc(c(-c3ccccc3)c3ccc([nH]3)c2-c2ccccc2)C=C1.OPO. The number of nitrogens with one attached hydrogen (secondary N) is 2. The zero-order valence-corrected chi connectivity index (χ0v) is 28.5. The summed E-state index contributed by atoms with van der Waals surface area (Å²) in [5.74, 6) is 0. The van der Waals surface area contributed by atoms with E-state index in [2.05, 4.69) is 156 Å². The predicted octanol–water partition coefficient (Wildman–Crippen LogP) is 10.8. The zero-order valence-electron chi connectivity index (χ0n) is 27.5. The molecule has 0 unspecified atom stereocenters. The average molecular weight is 681 g/mol. The van der Waals surface area contributed by atoms with Crippen LogP contribution in [0, 0.1) is 0 Å². The van der Waals surface area contributed by atoms with Gasteiger partial charge in [-0.3, -0.25) is 0 Å². The molecule has 0 fully saturated rings. The van der Waals surface area contributed by atoms with E-state index in [0.717, 1.165) is 89.4 Å². The third-order valence-corrected chi connectivity index (χ3v) is 9.00. The summed E-state index contributed by atoms with van der Waals surface area (Å²) in [7, 11) is -0.917. The Labute approximate surface area is 297 Å². The molecule has 8 bridgehead atoms. The van der Waals surface area contributed by atoms with Gasteiger partial charge in [-0.05, 0) is 70.8 Å². The molecule has 0 spiro atoms. The summed E-state index contributed by atoms with van der Waals surface area (Å²) < 4.78 is 0. The Morgan fingerprint density at radius 1 is 0.333 bits per heavy atom. The van der Waals surface area contributed by atoms with Crippen molar-refractivity contribution in [1.82, 2.24) is 19.9 Å². The number of nitrogens with zero attached hydrogens (tertiary/aromatic N) is 2. The Kier molecular flexibility index (Phi) is 9.03. The third-order valence-electron chi connectivity index (χ3n) is 9.00. The van der Waals surface area contributed by atoms with Crippen LogP contribution in [-0.4, -0.2) is 29.7 Å². The van der Waals surface area contributed by atoms with Gasteiger partial charge in [-0.15, -0.1) is 0 Å². The van der Waals surface area contributed by atoms with Crippen LogP contribution < -0.4 is 0 Å². The second-order valence-corrected chi connectivity index (χ2v) is 12.3. The van der Waals surface area contributed by atoms with Crippen LogP contribution in [0.5, 0.6) is 0 Å². The van der Waals surface area contributed by atoms with Crippen LogP contribution in [0.4, 0.5) is 0 Å². The van der Waals surface area contributed by atoms with E-state index in [1.54, 1.807) is 0 Å². The Morgan fingerprint density at radius 2 is 0.549 bits per heavy atom. The molecule has 0 amide bonds. The Morgan fingerprint density at radius 3 is 0.765 bits per heavy atom. The third kappa shape index (κ3) is 6.36. The van der Waals surface area contributed by atoms with Gasteiger partial charge in [0.25, 0.3) is 0 Å². The van der Waals surface area contributed by atoms with Gasteiger partial charge in [0.15, 0.2) is 0 Å². The first-order valence-corrected chi connectivity index (χ1v) is 17.5. The number of aromatic nitrogens is 4. The van der Waals surface area contributed by atoms with Crippen molar-refractivity contribution in [2.45, 2.75) is 0 Å². The first-order valence-electron chi connectivity index (χ1n) is 16.6. The van der Waals surface area contributed by atoms with Crippen molar-refractivity contribution < 1.29 is 9.79 Å². The molecule has 3 aromatic heterocycles. The standard InChI is InChI=1S/C44H30N4.H3O2P/c1-5-13-29(14-6-1)41-33-21-23-35(45-33)42(30-15-7-2-8-16-30)37-25-27-39(47-37)44(32-19-11-4-12-20-32)40-28-26-38(48-40)43(31-17-9-3-10-18-31)36-24-22-34(41)46-36;1-3-2/h1-28,45,48H;1-3H. The van der Waals surface area contributed by atoms with Gasteiger partial charge in [0.2, 0.25) is 0 Å². The van der Waals surface area contributed by atoms with Gasteiger partial charge in [0.1, 0.15) is 9.03 Å². The van der Waals surface area contributed by atoms with Crippen molar-refractivity contribution >= 4 is 55.4 Å². The summed E-state index contributed by atoms with van der Waals surface area (Å²) in [6.45, 7) is 0. The van der Waals surface area contributed by atoms with Crippen molar-refractivity contribution in [2.75, 3.05) is 0 Å². The molecule has 0 radical (unpaired) electrons. The van der Waals surface area contributed by atoms with E-state index in [1.807, 2.05) is 24.3 Å². The van der Waals surface area contributed by atoms with Crippen molar-refractivity contribution in [3.63, 3.8) is 0 Å². The van der Waals surface area contributed by atoms with Gasteiger partial charge in [-0.1, -0.05) is 121 Å². The second-order valence-electron chi connectivity index (χ2n) is 12.1. The molecule has 0 atom stereocenters. The molecule has 7 aromatic rings. The van der Waals surface area contributed by atoms with Gasteiger partial charge < -0.3 is 19.8 Å². The topological polar surface area (TPSA) is 97.8 Å². The van der Waals surface area contributed by atoms with E-state index >= 15 is 0 Å². The minimum absolute atomic E-state index is 0.906. The Hall–Kier alpha value is -6.17. The van der Waals surface area contributed by atoms with Gasteiger partial charge >= 0.3 is 0 Å². The highest BCUT2D eigenvalue weighted by atomic mass is 31.1. The van der Waals surface area contributed by atoms with Crippen LogP contribution in [-0.2, 0) is 0 Å². The van der Waals surface area contributed by atoms with Gasteiger partial charge in [-0.25, -0.2) is 9.97 Å². The number of H-pyrrole nitrogens is 2. The molecule has 2 aliphatic rings. The fourth-order valence-corrected chi connectivity index (χ4v) is 6.84. The van der Waals surface area contributed by atoms with E-state index < -0.39 is 9.03 Å². The van der Waals surface area contributed by atoms with Crippen LogP contribution in [0.3, 0.4) is 0 Å². The fourth-order valence-electron chi connectivity index (χ4n) is 6.84. The average Bonchev–Trinajstić information content (AvgIpc) is 4.02. The Bertz CT molecular complexity index is 2210. The molecule has 0 aliphatic carbocycles. The molecule has 7 heteroatoms. The molecule has 4 aromatic carbocycles. The monoisotopic (exact) mass is 680 g/mol. The summed E-state index contributed by atoms with van der Waals surface area (Å²) in [6.07, 6.45) is 8.54. The van der Waals surface area contributed by atoms with Crippen LogP contribution in [0.2, 0.25) is 0 Å². The first-order chi connectivity index (χ1) is 25.2. The number of aromatic amines is 2. The molecule has 2 aliphatic heterocycles. The lowest BCUT2D eigenvalue weighted by Crippen LogP contribution is -1.89. The maximum Gasteiger partial charge on any atom is 0.149 e. The van der Waals surface area contributed by atoms with Crippen LogP contribution in [0.15, 0.2) is 146 Å². The van der Waals surface area contributed by atoms with Crippen molar-refractivity contribution in [2.24, 2.45) is 0 Å². The van der Waals surface area contributed by atoms with Crippen molar-refractivity contribution in [3.8, 4) is 44.5 Å². The quantitative estimate of drug-likeness (QED) is 0.139. The maximum absolute atomic E-state index is 7.15. The molecular formula is C44H33N4O2P. The summed E-state index contributed by atoms with van der Waals surface area (Å²) in [4.78, 5) is 32.6. The highest BCUT2D eigenvalue weighted by Gasteiger charge is 2.18. The largest absolute Gasteiger partial charge is 0.354 e. The van der Waals surface area contributed by atoms with E-state index in [0.29, 0.717) is 0 Å². The lowest BCUT2D eigenvalue weighted by molar-refractivity contribution is 0.513. The second kappa shape index (κ2) is 14.4. The highest BCUT2D eigenvalue weighted by Crippen LogP contribution is 2.38. The number of rotatable bonds is 4. The summed E-state index contributed by atoms with van der Waals surface area (Å²) in [5, 5.41) is 0. The highest BCUT2D eigenvalue weighted by molar-refractivity contribution is 7.23. The summed E-state index contributed by atoms with van der Waals surface area (Å²) >= 11 is 0. The molecule has 0 saturated carbocycles. The van der Waals surface area contributed by atoms with E-state index in [-0.39, 0.29) is 0 Å². The Balaban J connectivity index is 0.00000121.